The minimum Gasteiger partial charge on any atom is -0.350 e. The van der Waals surface area contributed by atoms with Crippen LogP contribution in [-0.2, 0) is 11.3 Å². The summed E-state index contributed by atoms with van der Waals surface area (Å²) in [5.41, 5.74) is 2.84. The van der Waals surface area contributed by atoms with Gasteiger partial charge in [0.1, 0.15) is 0 Å². The van der Waals surface area contributed by atoms with Crippen molar-refractivity contribution in [2.24, 2.45) is 0 Å². The zero-order valence-electron chi connectivity index (χ0n) is 17.4. The largest absolute Gasteiger partial charge is 0.350 e. The molecule has 1 saturated heterocycles. The van der Waals surface area contributed by atoms with Crippen molar-refractivity contribution >= 4 is 11.8 Å². The van der Waals surface area contributed by atoms with Crippen molar-refractivity contribution in [3.8, 4) is 0 Å². The normalized spacial score (nSPS) is 15.0. The fraction of sp³-hybridized carbons (Fsp3) is 0.417. The monoisotopic (exact) mass is 393 g/mol. The lowest BCUT2D eigenvalue weighted by Gasteiger charge is -2.30. The van der Waals surface area contributed by atoms with Gasteiger partial charge in [-0.25, -0.2) is 0 Å². The van der Waals surface area contributed by atoms with Crippen LogP contribution in [0.3, 0.4) is 0 Å². The summed E-state index contributed by atoms with van der Waals surface area (Å²) in [7, 11) is 0. The molecule has 3 rings (SSSR count). The summed E-state index contributed by atoms with van der Waals surface area (Å²) in [5.74, 6) is 0.123. The maximum absolute atomic E-state index is 12.8. The van der Waals surface area contributed by atoms with E-state index in [1.54, 1.807) is 0 Å². The van der Waals surface area contributed by atoms with Gasteiger partial charge in [0.2, 0.25) is 5.91 Å². The predicted molar refractivity (Wildman–Crippen MR) is 116 cm³/mol. The van der Waals surface area contributed by atoms with Gasteiger partial charge in [0.05, 0.1) is 6.04 Å². The van der Waals surface area contributed by atoms with Crippen LogP contribution in [0.5, 0.6) is 0 Å². The van der Waals surface area contributed by atoms with Crippen molar-refractivity contribution in [3.05, 3.63) is 71.3 Å². The van der Waals surface area contributed by atoms with Gasteiger partial charge in [-0.2, -0.15) is 0 Å². The Morgan fingerprint density at radius 2 is 1.86 bits per heavy atom. The second-order valence-corrected chi connectivity index (χ2v) is 7.48. The molecule has 0 aliphatic carbocycles. The average Bonchev–Trinajstić information content (AvgIpc) is 3.16. The average molecular weight is 394 g/mol. The van der Waals surface area contributed by atoms with Crippen molar-refractivity contribution in [1.29, 1.82) is 0 Å². The lowest BCUT2D eigenvalue weighted by molar-refractivity contribution is -0.128. The lowest BCUT2D eigenvalue weighted by atomic mass is 10.0. The van der Waals surface area contributed by atoms with E-state index in [0.717, 1.165) is 31.6 Å². The van der Waals surface area contributed by atoms with Crippen LogP contribution in [0.1, 0.15) is 54.2 Å². The number of hydrogen-bond donors (Lipinski definition) is 1. The fourth-order valence-corrected chi connectivity index (χ4v) is 3.99. The summed E-state index contributed by atoms with van der Waals surface area (Å²) >= 11 is 0. The van der Waals surface area contributed by atoms with E-state index in [4.69, 9.17) is 0 Å². The van der Waals surface area contributed by atoms with Crippen LogP contribution in [0.25, 0.3) is 0 Å². The molecule has 0 spiro atoms. The van der Waals surface area contributed by atoms with E-state index in [2.05, 4.69) is 36.2 Å². The first-order chi connectivity index (χ1) is 14.1. The van der Waals surface area contributed by atoms with Gasteiger partial charge in [-0.1, -0.05) is 56.3 Å². The number of likely N-dealkylation sites (N-methyl/N-ethyl adjacent to an activating group) is 1. The lowest BCUT2D eigenvalue weighted by Crippen LogP contribution is -2.38. The van der Waals surface area contributed by atoms with E-state index in [9.17, 15) is 9.59 Å². The molecule has 0 bridgehead atoms. The molecule has 5 nitrogen and oxygen atoms in total. The van der Waals surface area contributed by atoms with Gasteiger partial charge in [0.15, 0.2) is 0 Å². The Morgan fingerprint density at radius 3 is 2.52 bits per heavy atom. The van der Waals surface area contributed by atoms with Gasteiger partial charge in [-0.15, -0.1) is 0 Å². The molecule has 2 aromatic carbocycles. The summed E-state index contributed by atoms with van der Waals surface area (Å²) in [5, 5.41) is 3.12. The fourth-order valence-electron chi connectivity index (χ4n) is 3.99. The van der Waals surface area contributed by atoms with Gasteiger partial charge in [-0.3, -0.25) is 14.5 Å². The minimum atomic E-state index is -0.0762. The van der Waals surface area contributed by atoms with E-state index in [-0.39, 0.29) is 17.9 Å². The Hall–Kier alpha value is -2.66. The Bertz CT molecular complexity index is 818. The highest BCUT2D eigenvalue weighted by Crippen LogP contribution is 2.20. The molecule has 2 aromatic rings. The molecule has 1 N–H and O–H groups in total. The number of rotatable bonds is 9. The summed E-state index contributed by atoms with van der Waals surface area (Å²) in [6.07, 6.45) is 1.55. The van der Waals surface area contributed by atoms with E-state index >= 15 is 0 Å². The third-order valence-corrected chi connectivity index (χ3v) is 5.63. The Kier molecular flexibility index (Phi) is 7.42. The SMILES string of the molecule is CCN(CC)C(CNC(=O)c1cccc(CN2CCCC2=O)c1)c1ccccc1. The molecule has 1 aliphatic heterocycles. The number of carbonyl (C=O) groups excluding carboxylic acids is 2. The third-order valence-electron chi connectivity index (χ3n) is 5.63. The second kappa shape index (κ2) is 10.2. The molecule has 2 amide bonds. The molecule has 154 valence electrons. The molecule has 1 fully saturated rings. The van der Waals surface area contributed by atoms with Crippen LogP contribution in [0.2, 0.25) is 0 Å². The molecule has 5 heteroatoms. The summed E-state index contributed by atoms with van der Waals surface area (Å²) in [6.45, 7) is 8.06. The van der Waals surface area contributed by atoms with Crippen molar-refractivity contribution in [2.75, 3.05) is 26.2 Å². The van der Waals surface area contributed by atoms with E-state index in [1.807, 2.05) is 47.4 Å². The number of nitrogens with one attached hydrogen (secondary N) is 1. The molecular weight excluding hydrogens is 362 g/mol. The minimum absolute atomic E-state index is 0.0762. The van der Waals surface area contributed by atoms with Crippen LogP contribution in [-0.4, -0.2) is 47.8 Å². The maximum Gasteiger partial charge on any atom is 0.251 e. The number of carbonyl (C=O) groups is 2. The first kappa shape index (κ1) is 21.1. The van der Waals surface area contributed by atoms with Crippen molar-refractivity contribution in [1.82, 2.24) is 15.1 Å². The van der Waals surface area contributed by atoms with Gasteiger partial charge in [0.25, 0.3) is 5.91 Å². The number of benzene rings is 2. The summed E-state index contributed by atoms with van der Waals surface area (Å²) < 4.78 is 0. The smallest absolute Gasteiger partial charge is 0.251 e. The number of nitrogens with zero attached hydrogens (tertiary/aromatic N) is 2. The van der Waals surface area contributed by atoms with Gasteiger partial charge in [-0.05, 0) is 42.8 Å². The van der Waals surface area contributed by atoms with Crippen molar-refractivity contribution in [2.45, 2.75) is 39.3 Å². The van der Waals surface area contributed by atoms with Gasteiger partial charge >= 0.3 is 0 Å². The first-order valence-corrected chi connectivity index (χ1v) is 10.6. The number of hydrogen-bond acceptors (Lipinski definition) is 3. The highest BCUT2D eigenvalue weighted by atomic mass is 16.2. The topological polar surface area (TPSA) is 52.7 Å². The molecule has 1 heterocycles. The zero-order valence-corrected chi connectivity index (χ0v) is 17.4. The summed E-state index contributed by atoms with van der Waals surface area (Å²) in [4.78, 5) is 28.9. The third kappa shape index (κ3) is 5.45. The Morgan fingerprint density at radius 1 is 1.10 bits per heavy atom. The quantitative estimate of drug-likeness (QED) is 0.708. The standard InChI is InChI=1S/C24H31N3O2/c1-3-26(4-2)22(20-11-6-5-7-12-20)17-25-24(29)21-13-8-10-19(16-21)18-27-15-9-14-23(27)28/h5-8,10-13,16,22H,3-4,9,14-15,17-18H2,1-2H3,(H,25,29). The number of amides is 2. The Balaban J connectivity index is 1.67. The Labute approximate surface area is 173 Å². The first-order valence-electron chi connectivity index (χ1n) is 10.6. The molecule has 0 aromatic heterocycles. The van der Waals surface area contributed by atoms with E-state index < -0.39 is 0 Å². The van der Waals surface area contributed by atoms with E-state index in [0.29, 0.717) is 25.1 Å². The molecule has 0 saturated carbocycles. The van der Waals surface area contributed by atoms with Crippen LogP contribution in [0.15, 0.2) is 54.6 Å². The van der Waals surface area contributed by atoms with Gasteiger partial charge < -0.3 is 10.2 Å². The van der Waals surface area contributed by atoms with Crippen LogP contribution >= 0.6 is 0 Å². The molecular formula is C24H31N3O2. The molecule has 0 radical (unpaired) electrons. The molecule has 29 heavy (non-hydrogen) atoms. The molecule has 1 unspecified atom stereocenters. The van der Waals surface area contributed by atoms with Crippen molar-refractivity contribution in [3.63, 3.8) is 0 Å². The highest BCUT2D eigenvalue weighted by Gasteiger charge is 2.21. The number of likely N-dealkylation sites (tertiary alicyclic amines) is 1. The van der Waals surface area contributed by atoms with E-state index in [1.165, 1.54) is 5.56 Å². The van der Waals surface area contributed by atoms with Crippen molar-refractivity contribution < 1.29 is 9.59 Å². The predicted octanol–water partition coefficient (Wildman–Crippen LogP) is 3.62. The highest BCUT2D eigenvalue weighted by molar-refractivity contribution is 5.94. The van der Waals surface area contributed by atoms with Gasteiger partial charge in [0, 0.05) is 31.6 Å². The van der Waals surface area contributed by atoms with Crippen LogP contribution < -0.4 is 5.32 Å². The molecule has 1 atom stereocenters. The zero-order chi connectivity index (χ0) is 20.6. The summed E-state index contributed by atoms with van der Waals surface area (Å²) in [6, 6.07) is 18.1. The second-order valence-electron chi connectivity index (χ2n) is 7.48. The molecule has 1 aliphatic rings. The maximum atomic E-state index is 12.8. The van der Waals surface area contributed by atoms with Crippen LogP contribution in [0.4, 0.5) is 0 Å². The van der Waals surface area contributed by atoms with Crippen LogP contribution in [0, 0.1) is 0 Å².